The van der Waals surface area contributed by atoms with Crippen molar-refractivity contribution in [3.8, 4) is 17.6 Å². The van der Waals surface area contributed by atoms with E-state index in [1.54, 1.807) is 18.2 Å². The van der Waals surface area contributed by atoms with Crippen LogP contribution in [0.15, 0.2) is 18.2 Å². The van der Waals surface area contributed by atoms with Gasteiger partial charge < -0.3 is 14.4 Å². The van der Waals surface area contributed by atoms with Crippen LogP contribution in [-0.4, -0.2) is 30.2 Å². The number of carbonyl (C=O) groups is 1. The molecule has 0 saturated heterocycles. The average Bonchev–Trinajstić information content (AvgIpc) is 2.81. The van der Waals surface area contributed by atoms with E-state index in [0.717, 1.165) is 0 Å². The van der Waals surface area contributed by atoms with E-state index in [1.807, 2.05) is 19.9 Å². The summed E-state index contributed by atoms with van der Waals surface area (Å²) in [5.74, 6) is 1.04. The molecule has 0 atom stereocenters. The number of carbonyl (C=O) groups excluding carboxylic acids is 1. The maximum atomic E-state index is 12.3. The minimum Gasteiger partial charge on any atom is -0.454 e. The van der Waals surface area contributed by atoms with E-state index in [-0.39, 0.29) is 25.3 Å². The lowest BCUT2D eigenvalue weighted by molar-refractivity contribution is 0.0731. The summed E-state index contributed by atoms with van der Waals surface area (Å²) in [6.07, 6.45) is 0. The van der Waals surface area contributed by atoms with Crippen LogP contribution in [0.4, 0.5) is 0 Å². The molecule has 0 spiro atoms. The fourth-order valence-electron chi connectivity index (χ4n) is 1.76. The third-order valence-corrected chi connectivity index (χ3v) is 2.74. The van der Waals surface area contributed by atoms with Gasteiger partial charge >= 0.3 is 0 Å². The molecular weight excluding hydrogens is 232 g/mol. The van der Waals surface area contributed by atoms with E-state index < -0.39 is 0 Å². The van der Waals surface area contributed by atoms with Gasteiger partial charge in [-0.25, -0.2) is 0 Å². The van der Waals surface area contributed by atoms with Gasteiger partial charge in [0.1, 0.15) is 6.54 Å². The molecule has 0 aromatic heterocycles. The van der Waals surface area contributed by atoms with Gasteiger partial charge in [0.2, 0.25) is 6.79 Å². The van der Waals surface area contributed by atoms with Gasteiger partial charge in [-0.2, -0.15) is 5.26 Å². The Labute approximate surface area is 106 Å². The lowest BCUT2D eigenvalue weighted by atomic mass is 10.1. The molecule has 0 saturated carbocycles. The number of nitriles is 1. The third-order valence-electron chi connectivity index (χ3n) is 2.74. The van der Waals surface area contributed by atoms with Crippen LogP contribution in [0.1, 0.15) is 24.2 Å². The van der Waals surface area contributed by atoms with Crippen molar-refractivity contribution in [3.63, 3.8) is 0 Å². The maximum Gasteiger partial charge on any atom is 0.255 e. The van der Waals surface area contributed by atoms with Crippen LogP contribution in [0.2, 0.25) is 0 Å². The Morgan fingerprint density at radius 3 is 2.83 bits per heavy atom. The third kappa shape index (κ3) is 2.23. The molecule has 0 aliphatic carbocycles. The monoisotopic (exact) mass is 246 g/mol. The van der Waals surface area contributed by atoms with Crippen molar-refractivity contribution in [2.24, 2.45) is 0 Å². The second kappa shape index (κ2) is 4.96. The maximum absolute atomic E-state index is 12.3. The molecule has 94 valence electrons. The van der Waals surface area contributed by atoms with Gasteiger partial charge in [0.05, 0.1) is 6.07 Å². The number of benzene rings is 1. The number of fused-ring (bicyclic) bond motifs is 1. The van der Waals surface area contributed by atoms with E-state index in [4.69, 9.17) is 14.7 Å². The molecule has 5 nitrogen and oxygen atoms in total. The molecule has 18 heavy (non-hydrogen) atoms. The number of hydrogen-bond acceptors (Lipinski definition) is 4. The van der Waals surface area contributed by atoms with E-state index in [2.05, 4.69) is 0 Å². The zero-order valence-corrected chi connectivity index (χ0v) is 10.3. The first-order valence-electron chi connectivity index (χ1n) is 5.71. The standard InChI is InChI=1S/C13H14N2O3/c1-9(2)15(6-5-14)13(16)10-3-4-11-12(7-10)18-8-17-11/h3-4,7,9H,6,8H2,1-2H3. The molecular formula is C13H14N2O3. The Balaban J connectivity index is 2.25. The molecule has 1 amide bonds. The highest BCUT2D eigenvalue weighted by Gasteiger charge is 2.21. The van der Waals surface area contributed by atoms with Crippen molar-refractivity contribution >= 4 is 5.91 Å². The summed E-state index contributed by atoms with van der Waals surface area (Å²) in [7, 11) is 0. The van der Waals surface area contributed by atoms with Crippen molar-refractivity contribution in [2.75, 3.05) is 13.3 Å². The van der Waals surface area contributed by atoms with Gasteiger partial charge in [-0.1, -0.05) is 0 Å². The smallest absolute Gasteiger partial charge is 0.255 e. The fraction of sp³-hybridized carbons (Fsp3) is 0.385. The summed E-state index contributed by atoms with van der Waals surface area (Å²) in [5, 5.41) is 8.75. The molecule has 0 N–H and O–H groups in total. The molecule has 1 heterocycles. The number of ether oxygens (including phenoxy) is 2. The fourth-order valence-corrected chi connectivity index (χ4v) is 1.76. The Hall–Kier alpha value is -2.22. The molecule has 0 unspecified atom stereocenters. The van der Waals surface area contributed by atoms with E-state index in [1.165, 1.54) is 4.90 Å². The molecule has 1 aromatic carbocycles. The molecule has 0 bridgehead atoms. The highest BCUT2D eigenvalue weighted by Crippen LogP contribution is 2.32. The predicted molar refractivity (Wildman–Crippen MR) is 64.4 cm³/mol. The summed E-state index contributed by atoms with van der Waals surface area (Å²) < 4.78 is 10.4. The first-order chi connectivity index (χ1) is 8.63. The quantitative estimate of drug-likeness (QED) is 0.763. The first-order valence-corrected chi connectivity index (χ1v) is 5.71. The zero-order valence-electron chi connectivity index (χ0n) is 10.3. The van der Waals surface area contributed by atoms with Gasteiger partial charge in [0, 0.05) is 11.6 Å². The molecule has 1 aromatic rings. The van der Waals surface area contributed by atoms with Crippen molar-refractivity contribution < 1.29 is 14.3 Å². The minimum atomic E-state index is -0.176. The van der Waals surface area contributed by atoms with Crippen molar-refractivity contribution in [1.82, 2.24) is 4.90 Å². The molecule has 1 aliphatic heterocycles. The normalized spacial score (nSPS) is 12.3. The summed E-state index contributed by atoms with van der Waals surface area (Å²) in [4.78, 5) is 13.8. The second-order valence-corrected chi connectivity index (χ2v) is 4.25. The molecule has 5 heteroatoms. The van der Waals surface area contributed by atoms with E-state index in [0.29, 0.717) is 17.1 Å². The average molecular weight is 246 g/mol. The van der Waals surface area contributed by atoms with Crippen LogP contribution in [0.25, 0.3) is 0 Å². The first kappa shape index (κ1) is 12.2. The van der Waals surface area contributed by atoms with E-state index in [9.17, 15) is 4.79 Å². The van der Waals surface area contributed by atoms with Crippen LogP contribution in [0.3, 0.4) is 0 Å². The summed E-state index contributed by atoms with van der Waals surface area (Å²) >= 11 is 0. The van der Waals surface area contributed by atoms with Crippen LogP contribution in [-0.2, 0) is 0 Å². The number of rotatable bonds is 3. The largest absolute Gasteiger partial charge is 0.454 e. The van der Waals surface area contributed by atoms with Gasteiger partial charge in [-0.3, -0.25) is 4.79 Å². The highest BCUT2D eigenvalue weighted by molar-refractivity contribution is 5.95. The summed E-state index contributed by atoms with van der Waals surface area (Å²) in [6, 6.07) is 7.02. The van der Waals surface area contributed by atoms with Crippen LogP contribution < -0.4 is 9.47 Å². The number of hydrogen-bond donors (Lipinski definition) is 0. The molecule has 2 rings (SSSR count). The van der Waals surface area contributed by atoms with Crippen molar-refractivity contribution in [1.29, 1.82) is 5.26 Å². The molecule has 0 radical (unpaired) electrons. The van der Waals surface area contributed by atoms with Gasteiger partial charge in [0.25, 0.3) is 5.91 Å². The Bertz CT molecular complexity index is 505. The molecule has 1 aliphatic rings. The van der Waals surface area contributed by atoms with Gasteiger partial charge in [0.15, 0.2) is 11.5 Å². The topological polar surface area (TPSA) is 62.6 Å². The van der Waals surface area contributed by atoms with Crippen LogP contribution >= 0.6 is 0 Å². The minimum absolute atomic E-state index is 0.0254. The van der Waals surface area contributed by atoms with E-state index >= 15 is 0 Å². The number of nitrogens with zero attached hydrogens (tertiary/aromatic N) is 2. The lowest BCUT2D eigenvalue weighted by Gasteiger charge is -2.23. The number of amides is 1. The van der Waals surface area contributed by atoms with Crippen molar-refractivity contribution in [3.05, 3.63) is 23.8 Å². The van der Waals surface area contributed by atoms with Crippen molar-refractivity contribution in [2.45, 2.75) is 19.9 Å². The Morgan fingerprint density at radius 1 is 1.44 bits per heavy atom. The SMILES string of the molecule is CC(C)N(CC#N)C(=O)c1ccc2c(c1)OCO2. The highest BCUT2D eigenvalue weighted by atomic mass is 16.7. The summed E-state index contributed by atoms with van der Waals surface area (Å²) in [6.45, 7) is 4.01. The Kier molecular flexibility index (Phi) is 3.38. The lowest BCUT2D eigenvalue weighted by Crippen LogP contribution is -2.37. The predicted octanol–water partition coefficient (Wildman–Crippen LogP) is 1.79. The summed E-state index contributed by atoms with van der Waals surface area (Å²) in [5.41, 5.74) is 0.503. The van der Waals surface area contributed by atoms with Gasteiger partial charge in [-0.05, 0) is 32.0 Å². The zero-order chi connectivity index (χ0) is 13.1. The van der Waals surface area contributed by atoms with Crippen LogP contribution in [0.5, 0.6) is 11.5 Å². The molecule has 0 fully saturated rings. The van der Waals surface area contributed by atoms with Gasteiger partial charge in [-0.15, -0.1) is 0 Å². The second-order valence-electron chi connectivity index (χ2n) is 4.25. The van der Waals surface area contributed by atoms with Crippen LogP contribution in [0, 0.1) is 11.3 Å². The Morgan fingerprint density at radius 2 is 2.17 bits per heavy atom.